The highest BCUT2D eigenvalue weighted by molar-refractivity contribution is 6.05. The van der Waals surface area contributed by atoms with Crippen molar-refractivity contribution in [3.63, 3.8) is 0 Å². The van der Waals surface area contributed by atoms with E-state index in [1.807, 2.05) is 24.3 Å². The Kier molecular flexibility index (Phi) is 10.5. The number of aryl methyl sites for hydroxylation is 3. The molecule has 0 saturated carbocycles. The second-order valence-electron chi connectivity index (χ2n) is 12.7. The lowest BCUT2D eigenvalue weighted by atomic mass is 9.85. The molecule has 0 N–H and O–H groups in total. The third-order valence-corrected chi connectivity index (χ3v) is 8.47. The molecule has 0 fully saturated rings. The van der Waals surface area contributed by atoms with E-state index >= 15 is 0 Å². The van der Waals surface area contributed by atoms with E-state index in [9.17, 15) is 0 Å². The fourth-order valence-electron chi connectivity index (χ4n) is 6.07. The lowest BCUT2D eigenvalue weighted by Crippen LogP contribution is -2.34. The highest BCUT2D eigenvalue weighted by Gasteiger charge is 2.43. The number of nitrogens with zero attached hydrogens (tertiary/aromatic N) is 2. The average Bonchev–Trinajstić information content (AvgIpc) is 3.73. The van der Waals surface area contributed by atoms with Crippen LogP contribution in [0.15, 0.2) is 107 Å². The number of aliphatic imine (C=N–C) groups is 2. The fourth-order valence-corrected chi connectivity index (χ4v) is 6.07. The second-order valence-corrected chi connectivity index (χ2v) is 12.7. The topological polar surface area (TPSA) is 61.6 Å². The highest BCUT2D eigenvalue weighted by Crippen LogP contribution is 2.37. The quantitative estimate of drug-likeness (QED) is 0.189. The Morgan fingerprint density at radius 2 is 1.22 bits per heavy atom. The van der Waals surface area contributed by atoms with Crippen molar-refractivity contribution in [2.75, 3.05) is 27.4 Å². The van der Waals surface area contributed by atoms with E-state index in [1.54, 1.807) is 14.2 Å². The molecule has 6 rings (SSSR count). The van der Waals surface area contributed by atoms with Crippen LogP contribution in [0.25, 0.3) is 0 Å². The van der Waals surface area contributed by atoms with E-state index < -0.39 is 5.41 Å². The summed E-state index contributed by atoms with van der Waals surface area (Å²) in [5, 5.41) is 0. The molecule has 0 aliphatic carbocycles. The first-order valence-corrected chi connectivity index (χ1v) is 15.9. The summed E-state index contributed by atoms with van der Waals surface area (Å²) >= 11 is 0. The van der Waals surface area contributed by atoms with Gasteiger partial charge in [0.05, 0.1) is 26.3 Å². The number of methoxy groups -OCH3 is 2. The van der Waals surface area contributed by atoms with Crippen LogP contribution >= 0.6 is 0 Å². The van der Waals surface area contributed by atoms with E-state index in [0.29, 0.717) is 25.0 Å². The largest absolute Gasteiger partial charge is 0.497 e. The number of hydrogen-bond acceptors (Lipinski definition) is 6. The van der Waals surface area contributed by atoms with Gasteiger partial charge in [0, 0.05) is 5.92 Å². The molecule has 0 radical (unpaired) electrons. The van der Waals surface area contributed by atoms with Gasteiger partial charge in [-0.1, -0.05) is 89.5 Å². The lowest BCUT2D eigenvalue weighted by Gasteiger charge is -2.23. The average molecular weight is 619 g/mol. The van der Waals surface area contributed by atoms with Gasteiger partial charge in [0.1, 0.15) is 30.1 Å². The van der Waals surface area contributed by atoms with Crippen molar-refractivity contribution >= 4 is 11.8 Å². The van der Waals surface area contributed by atoms with Crippen LogP contribution in [0.1, 0.15) is 53.1 Å². The second kappa shape index (κ2) is 14.7. The van der Waals surface area contributed by atoms with Crippen molar-refractivity contribution in [1.82, 2.24) is 0 Å². The van der Waals surface area contributed by atoms with Crippen LogP contribution in [0.2, 0.25) is 0 Å². The summed E-state index contributed by atoms with van der Waals surface area (Å²) in [6.45, 7) is 11.5. The number of hydrogen-bond donors (Lipinski definition) is 0. The first-order chi connectivity index (χ1) is 22.2. The maximum Gasteiger partial charge on any atom is 0.199 e. The molecule has 6 nitrogen and oxygen atoms in total. The first-order valence-electron chi connectivity index (χ1n) is 15.9. The molecule has 0 saturated heterocycles. The molecule has 6 heteroatoms. The van der Waals surface area contributed by atoms with Crippen LogP contribution in [0, 0.1) is 26.2 Å². The molecule has 2 aliphatic rings. The third kappa shape index (κ3) is 7.97. The van der Waals surface area contributed by atoms with Gasteiger partial charge >= 0.3 is 0 Å². The standard InChI is InChI=1S/C32H36N2O4.C8H10/c1-21-9-6-11-23(15-21)29(24-12-8-14-27(18-24)36-5)28-20-38-31(34-28)32(2,3)30-33-25(19-37-30)16-22-10-7-13-26(17-22)35-4;1-7-4-3-5-8(2)6-7/h6-15,17-18,25,28-29H,16,19-20H2,1-5H3;3-6H,1-2H3. The predicted octanol–water partition coefficient (Wildman–Crippen LogP) is 8.31. The van der Waals surface area contributed by atoms with Crippen LogP contribution in [-0.4, -0.2) is 51.3 Å². The Bertz CT molecular complexity index is 1670. The van der Waals surface area contributed by atoms with Gasteiger partial charge in [0.2, 0.25) is 0 Å². The van der Waals surface area contributed by atoms with E-state index in [-0.39, 0.29) is 18.0 Å². The molecule has 0 spiro atoms. The van der Waals surface area contributed by atoms with E-state index in [0.717, 1.165) is 23.5 Å². The summed E-state index contributed by atoms with van der Waals surface area (Å²) in [5.74, 6) is 3.07. The van der Waals surface area contributed by atoms with Gasteiger partial charge in [-0.15, -0.1) is 0 Å². The lowest BCUT2D eigenvalue weighted by molar-refractivity contribution is 0.261. The molecule has 3 atom stereocenters. The van der Waals surface area contributed by atoms with Gasteiger partial charge in [-0.2, -0.15) is 0 Å². The minimum absolute atomic E-state index is 0.0329. The molecule has 0 aromatic heterocycles. The molecule has 2 heterocycles. The molecule has 0 bridgehead atoms. The molecule has 3 unspecified atom stereocenters. The molecular weight excluding hydrogens is 572 g/mol. The van der Waals surface area contributed by atoms with Crippen LogP contribution in [0.4, 0.5) is 0 Å². The van der Waals surface area contributed by atoms with E-state index in [4.69, 9.17) is 28.9 Å². The van der Waals surface area contributed by atoms with Crippen molar-refractivity contribution in [1.29, 1.82) is 0 Å². The zero-order chi connectivity index (χ0) is 32.7. The Morgan fingerprint density at radius 3 is 1.85 bits per heavy atom. The maximum absolute atomic E-state index is 6.28. The molecule has 4 aromatic rings. The minimum atomic E-state index is -0.566. The Hall–Kier alpha value is -4.58. The van der Waals surface area contributed by atoms with Crippen LogP contribution in [0.5, 0.6) is 11.5 Å². The summed E-state index contributed by atoms with van der Waals surface area (Å²) in [4.78, 5) is 10.1. The molecule has 2 aliphatic heterocycles. The fraction of sp³-hybridized carbons (Fsp3) is 0.350. The van der Waals surface area contributed by atoms with Crippen LogP contribution < -0.4 is 9.47 Å². The maximum atomic E-state index is 6.28. The highest BCUT2D eigenvalue weighted by atomic mass is 16.5. The third-order valence-electron chi connectivity index (χ3n) is 8.47. The molecule has 4 aromatic carbocycles. The zero-order valence-electron chi connectivity index (χ0n) is 28.1. The normalized spacial score (nSPS) is 17.9. The van der Waals surface area contributed by atoms with Gasteiger partial charge < -0.3 is 18.9 Å². The van der Waals surface area contributed by atoms with Gasteiger partial charge in [-0.05, 0) is 82.0 Å². The summed E-state index contributed by atoms with van der Waals surface area (Å²) in [5.41, 5.74) is 6.87. The first kappa shape index (κ1) is 32.8. The summed E-state index contributed by atoms with van der Waals surface area (Å²) in [6, 6.07) is 33.4. The Morgan fingerprint density at radius 1 is 0.674 bits per heavy atom. The zero-order valence-corrected chi connectivity index (χ0v) is 28.1. The number of rotatable bonds is 9. The SMILES string of the molecule is COc1cccc(CC2COC(C(C)(C)C3=NC(C(c4cccc(C)c4)c4cccc(OC)c4)CO3)=N2)c1.Cc1cccc(C)c1. The van der Waals surface area contributed by atoms with Gasteiger partial charge in [-0.25, -0.2) is 9.98 Å². The molecule has 0 amide bonds. The van der Waals surface area contributed by atoms with Crippen LogP contribution in [0.3, 0.4) is 0 Å². The van der Waals surface area contributed by atoms with Crippen molar-refractivity contribution in [2.24, 2.45) is 15.4 Å². The summed E-state index contributed by atoms with van der Waals surface area (Å²) in [7, 11) is 3.38. The summed E-state index contributed by atoms with van der Waals surface area (Å²) in [6.07, 6.45) is 0.790. The smallest absolute Gasteiger partial charge is 0.199 e. The molecule has 46 heavy (non-hydrogen) atoms. The number of ether oxygens (including phenoxy) is 4. The van der Waals surface area contributed by atoms with E-state index in [1.165, 1.54) is 27.8 Å². The van der Waals surface area contributed by atoms with E-state index in [2.05, 4.69) is 107 Å². The van der Waals surface area contributed by atoms with Crippen molar-refractivity contribution in [3.05, 3.63) is 130 Å². The molecular formula is C40H46N2O4. The van der Waals surface area contributed by atoms with Crippen LogP contribution in [-0.2, 0) is 15.9 Å². The van der Waals surface area contributed by atoms with Crippen molar-refractivity contribution < 1.29 is 18.9 Å². The van der Waals surface area contributed by atoms with Gasteiger partial charge in [0.25, 0.3) is 0 Å². The monoisotopic (exact) mass is 618 g/mol. The van der Waals surface area contributed by atoms with Crippen molar-refractivity contribution in [2.45, 2.75) is 59.0 Å². The predicted molar refractivity (Wildman–Crippen MR) is 187 cm³/mol. The van der Waals surface area contributed by atoms with Gasteiger partial charge in [-0.3, -0.25) is 0 Å². The Balaban J connectivity index is 0.000000455. The van der Waals surface area contributed by atoms with Gasteiger partial charge in [0.15, 0.2) is 11.8 Å². The summed E-state index contributed by atoms with van der Waals surface area (Å²) < 4.78 is 23.3. The molecule has 240 valence electrons. The van der Waals surface area contributed by atoms with Crippen molar-refractivity contribution in [3.8, 4) is 11.5 Å². The Labute approximate surface area is 274 Å². The minimum Gasteiger partial charge on any atom is -0.497 e. The number of benzene rings is 4.